The fourth-order valence-corrected chi connectivity index (χ4v) is 1.29. The zero-order valence-corrected chi connectivity index (χ0v) is 8.58. The molecular weight excluding hydrogens is 208 g/mol. The molecule has 2 N–H and O–H groups in total. The van der Waals surface area contributed by atoms with Gasteiger partial charge in [0, 0.05) is 0 Å². The molecule has 0 unspecified atom stereocenters. The molecule has 0 aliphatic carbocycles. The van der Waals surface area contributed by atoms with Gasteiger partial charge in [-0.05, 0) is 18.2 Å². The minimum Gasteiger partial charge on any atom is -0.507 e. The van der Waals surface area contributed by atoms with Gasteiger partial charge in [-0.2, -0.15) is 0 Å². The van der Waals surface area contributed by atoms with Crippen LogP contribution in [0.1, 0.15) is 5.56 Å². The van der Waals surface area contributed by atoms with Gasteiger partial charge in [0.05, 0.1) is 12.7 Å². The highest BCUT2D eigenvalue weighted by Crippen LogP contribution is 2.23. The van der Waals surface area contributed by atoms with Crippen molar-refractivity contribution in [2.24, 2.45) is 0 Å². The molecule has 2 aromatic rings. The number of rotatable bonds is 2. The standard InChI is InChI=1S/C10H10N4O2/c1-16-7-2-3-9(15)8(4-7)10(11)14-5-12-13-6-14/h2-6,11,15H,1H3. The van der Waals surface area contributed by atoms with E-state index in [0.29, 0.717) is 11.3 Å². The maximum absolute atomic E-state index is 9.65. The number of hydrogen-bond acceptors (Lipinski definition) is 5. The van der Waals surface area contributed by atoms with Gasteiger partial charge in [-0.1, -0.05) is 0 Å². The minimum absolute atomic E-state index is 0.0134. The van der Waals surface area contributed by atoms with E-state index in [-0.39, 0.29) is 11.6 Å². The van der Waals surface area contributed by atoms with Crippen molar-refractivity contribution >= 4 is 5.84 Å². The Bertz CT molecular complexity index is 508. The lowest BCUT2D eigenvalue weighted by Gasteiger charge is -2.08. The van der Waals surface area contributed by atoms with Crippen LogP contribution in [0.25, 0.3) is 0 Å². The molecule has 1 heterocycles. The summed E-state index contributed by atoms with van der Waals surface area (Å²) in [5.74, 6) is 0.673. The van der Waals surface area contributed by atoms with Crippen molar-refractivity contribution in [3.8, 4) is 11.5 Å². The molecule has 1 aromatic heterocycles. The average Bonchev–Trinajstić information content (AvgIpc) is 2.82. The molecule has 6 heteroatoms. The van der Waals surface area contributed by atoms with E-state index in [0.717, 1.165) is 0 Å². The van der Waals surface area contributed by atoms with Crippen molar-refractivity contribution in [2.75, 3.05) is 7.11 Å². The first-order valence-electron chi connectivity index (χ1n) is 4.53. The van der Waals surface area contributed by atoms with E-state index in [1.807, 2.05) is 0 Å². The van der Waals surface area contributed by atoms with E-state index < -0.39 is 0 Å². The van der Waals surface area contributed by atoms with Gasteiger partial charge in [-0.3, -0.25) is 9.98 Å². The number of aromatic nitrogens is 3. The van der Waals surface area contributed by atoms with E-state index >= 15 is 0 Å². The van der Waals surface area contributed by atoms with Crippen LogP contribution in [-0.4, -0.2) is 32.8 Å². The smallest absolute Gasteiger partial charge is 0.142 e. The Kier molecular flexibility index (Phi) is 2.55. The molecule has 0 aliphatic rings. The number of hydrogen-bond donors (Lipinski definition) is 2. The molecule has 2 rings (SSSR count). The molecular formula is C10H10N4O2. The molecule has 6 nitrogen and oxygen atoms in total. The number of benzene rings is 1. The first-order chi connectivity index (χ1) is 7.72. The van der Waals surface area contributed by atoms with E-state index in [9.17, 15) is 5.11 Å². The maximum Gasteiger partial charge on any atom is 0.142 e. The topological polar surface area (TPSA) is 84.0 Å². The average molecular weight is 218 g/mol. The quantitative estimate of drug-likeness (QED) is 0.578. The Balaban J connectivity index is 2.43. The lowest BCUT2D eigenvalue weighted by atomic mass is 10.1. The molecule has 0 amide bonds. The third-order valence-corrected chi connectivity index (χ3v) is 2.14. The maximum atomic E-state index is 9.65. The fraction of sp³-hybridized carbons (Fsp3) is 0.100. The van der Waals surface area contributed by atoms with Crippen LogP contribution in [0.2, 0.25) is 0 Å². The Morgan fingerprint density at radius 2 is 2.06 bits per heavy atom. The van der Waals surface area contributed by atoms with Gasteiger partial charge in [-0.15, -0.1) is 10.2 Å². The Hall–Kier alpha value is -2.37. The van der Waals surface area contributed by atoms with E-state index in [2.05, 4.69) is 10.2 Å². The summed E-state index contributed by atoms with van der Waals surface area (Å²) >= 11 is 0. The summed E-state index contributed by atoms with van der Waals surface area (Å²) in [5, 5.41) is 24.7. The largest absolute Gasteiger partial charge is 0.507 e. The van der Waals surface area contributed by atoms with Gasteiger partial charge in [0.25, 0.3) is 0 Å². The summed E-state index contributed by atoms with van der Waals surface area (Å²) in [5.41, 5.74) is 0.360. The van der Waals surface area contributed by atoms with Crippen molar-refractivity contribution in [3.63, 3.8) is 0 Å². The van der Waals surface area contributed by atoms with Crippen LogP contribution in [-0.2, 0) is 0 Å². The van der Waals surface area contributed by atoms with E-state index in [4.69, 9.17) is 10.1 Å². The second-order valence-corrected chi connectivity index (χ2v) is 3.10. The van der Waals surface area contributed by atoms with Crippen molar-refractivity contribution in [3.05, 3.63) is 36.4 Å². The molecule has 0 spiro atoms. The zero-order chi connectivity index (χ0) is 11.5. The van der Waals surface area contributed by atoms with Crippen LogP contribution in [0, 0.1) is 5.41 Å². The van der Waals surface area contributed by atoms with Crippen molar-refractivity contribution in [2.45, 2.75) is 0 Å². The van der Waals surface area contributed by atoms with Crippen LogP contribution >= 0.6 is 0 Å². The normalized spacial score (nSPS) is 10.1. The SMILES string of the molecule is COc1ccc(O)c(C(=N)n2cnnc2)c1. The molecule has 1 aromatic carbocycles. The Labute approximate surface area is 91.6 Å². The van der Waals surface area contributed by atoms with Gasteiger partial charge < -0.3 is 9.84 Å². The molecule has 0 fully saturated rings. The summed E-state index contributed by atoms with van der Waals surface area (Å²) < 4.78 is 6.43. The van der Waals surface area contributed by atoms with Crippen LogP contribution in [0.5, 0.6) is 11.5 Å². The molecule has 0 bridgehead atoms. The van der Waals surface area contributed by atoms with Crippen molar-refractivity contribution < 1.29 is 9.84 Å². The predicted molar refractivity (Wildman–Crippen MR) is 56.9 cm³/mol. The van der Waals surface area contributed by atoms with Gasteiger partial charge in [0.1, 0.15) is 30.0 Å². The third kappa shape index (κ3) is 1.72. The number of phenolic OH excluding ortho intramolecular Hbond substituents is 1. The first-order valence-corrected chi connectivity index (χ1v) is 4.53. The van der Waals surface area contributed by atoms with Crippen molar-refractivity contribution in [1.82, 2.24) is 14.8 Å². The lowest BCUT2D eigenvalue weighted by molar-refractivity contribution is 0.412. The van der Waals surface area contributed by atoms with E-state index in [1.165, 1.54) is 30.4 Å². The summed E-state index contributed by atoms with van der Waals surface area (Å²) in [7, 11) is 1.53. The highest BCUT2D eigenvalue weighted by molar-refractivity contribution is 6.00. The van der Waals surface area contributed by atoms with Crippen LogP contribution in [0.3, 0.4) is 0 Å². The number of methoxy groups -OCH3 is 1. The summed E-state index contributed by atoms with van der Waals surface area (Å²) in [4.78, 5) is 0. The predicted octanol–water partition coefficient (Wildman–Crippen LogP) is 0.866. The van der Waals surface area contributed by atoms with Gasteiger partial charge >= 0.3 is 0 Å². The monoisotopic (exact) mass is 218 g/mol. The number of aromatic hydroxyl groups is 1. The van der Waals surface area contributed by atoms with E-state index in [1.54, 1.807) is 12.1 Å². The second-order valence-electron chi connectivity index (χ2n) is 3.10. The Morgan fingerprint density at radius 1 is 1.38 bits per heavy atom. The third-order valence-electron chi connectivity index (χ3n) is 2.14. The van der Waals surface area contributed by atoms with Gasteiger partial charge in [-0.25, -0.2) is 0 Å². The van der Waals surface area contributed by atoms with Crippen molar-refractivity contribution in [1.29, 1.82) is 5.41 Å². The van der Waals surface area contributed by atoms with Gasteiger partial charge in [0.15, 0.2) is 0 Å². The van der Waals surface area contributed by atoms with Crippen LogP contribution < -0.4 is 4.74 Å². The summed E-state index contributed by atoms with van der Waals surface area (Å²) in [6.45, 7) is 0. The summed E-state index contributed by atoms with van der Waals surface area (Å²) in [6, 6.07) is 4.68. The lowest BCUT2D eigenvalue weighted by Crippen LogP contribution is -2.10. The highest BCUT2D eigenvalue weighted by Gasteiger charge is 2.10. The molecule has 0 aliphatic heterocycles. The summed E-state index contributed by atoms with van der Waals surface area (Å²) in [6.07, 6.45) is 2.78. The first kappa shape index (κ1) is 10.2. The fourth-order valence-electron chi connectivity index (χ4n) is 1.29. The molecule has 0 radical (unpaired) electrons. The zero-order valence-electron chi connectivity index (χ0n) is 8.58. The van der Waals surface area contributed by atoms with Crippen LogP contribution in [0.4, 0.5) is 0 Å². The Morgan fingerprint density at radius 3 is 2.69 bits per heavy atom. The van der Waals surface area contributed by atoms with Crippen LogP contribution in [0.15, 0.2) is 30.9 Å². The molecule has 16 heavy (non-hydrogen) atoms. The van der Waals surface area contributed by atoms with Gasteiger partial charge in [0.2, 0.25) is 0 Å². The number of phenols is 1. The molecule has 0 saturated heterocycles. The molecule has 82 valence electrons. The molecule has 0 saturated carbocycles. The second kappa shape index (κ2) is 4.01. The molecule has 0 atom stereocenters. The minimum atomic E-state index is 0.0134. The highest BCUT2D eigenvalue weighted by atomic mass is 16.5. The number of nitrogens with one attached hydrogen (secondary N) is 1. The number of nitrogens with zero attached hydrogens (tertiary/aromatic N) is 3. The number of ether oxygens (including phenoxy) is 1.